The molecule has 1 aromatic heterocycles. The highest BCUT2D eigenvalue weighted by Gasteiger charge is 2.16. The highest BCUT2D eigenvalue weighted by molar-refractivity contribution is 6.03. The molecule has 0 aliphatic rings. The van der Waals surface area contributed by atoms with Crippen molar-refractivity contribution in [2.75, 3.05) is 26.4 Å². The monoisotopic (exact) mass is 529 g/mol. The number of benzene rings is 3. The molecule has 0 radical (unpaired) electrons. The summed E-state index contributed by atoms with van der Waals surface area (Å²) in [5.41, 5.74) is 5.16. The second kappa shape index (κ2) is 14.1. The number of fused-ring (bicyclic) bond motifs is 1. The minimum Gasteiger partial charge on any atom is -0.499 e. The Morgan fingerprint density at radius 1 is 0.667 bits per heavy atom. The Kier molecular flexibility index (Phi) is 10.1. The van der Waals surface area contributed by atoms with E-state index >= 15 is 0 Å². The lowest BCUT2D eigenvalue weighted by Gasteiger charge is -2.13. The molecular weight excluding hydrogens is 494 g/mol. The number of aliphatic hydroxyl groups excluding tert-OH is 2. The summed E-state index contributed by atoms with van der Waals surface area (Å²) < 4.78 is 21.9. The Labute approximate surface area is 228 Å². The summed E-state index contributed by atoms with van der Waals surface area (Å²) in [5.74, 6) is 1.34. The summed E-state index contributed by atoms with van der Waals surface area (Å²) in [7, 11) is 0. The molecule has 1 heterocycles. The molecular formula is C32H35NO6. The number of ether oxygens (including phenoxy) is 4. The first-order chi connectivity index (χ1) is 19.1. The summed E-state index contributed by atoms with van der Waals surface area (Å²) in [4.78, 5) is 3.57. The van der Waals surface area contributed by atoms with Crippen molar-refractivity contribution in [2.45, 2.75) is 26.1 Å². The average Bonchev–Trinajstić information content (AvgIpc) is 3.35. The maximum absolute atomic E-state index is 10.0. The van der Waals surface area contributed by atoms with E-state index in [-0.39, 0.29) is 26.4 Å². The van der Waals surface area contributed by atoms with Crippen LogP contribution in [0.1, 0.15) is 13.8 Å². The first-order valence-electron chi connectivity index (χ1n) is 13.0. The van der Waals surface area contributed by atoms with Gasteiger partial charge in [-0.1, -0.05) is 42.5 Å². The molecule has 4 rings (SSSR count). The number of hydrogen-bond acceptors (Lipinski definition) is 6. The van der Waals surface area contributed by atoms with Gasteiger partial charge in [-0.2, -0.15) is 0 Å². The van der Waals surface area contributed by atoms with Crippen molar-refractivity contribution < 1.29 is 29.2 Å². The van der Waals surface area contributed by atoms with Crippen molar-refractivity contribution >= 4 is 10.9 Å². The van der Waals surface area contributed by atoms with Crippen molar-refractivity contribution in [3.05, 3.63) is 97.5 Å². The zero-order chi connectivity index (χ0) is 27.5. The molecule has 204 valence electrons. The van der Waals surface area contributed by atoms with Crippen molar-refractivity contribution in [3.63, 3.8) is 0 Å². The van der Waals surface area contributed by atoms with Gasteiger partial charge in [-0.25, -0.2) is 0 Å². The van der Waals surface area contributed by atoms with Crippen LogP contribution in [0.5, 0.6) is 11.5 Å². The number of aliphatic hydroxyl groups is 2. The zero-order valence-corrected chi connectivity index (χ0v) is 22.2. The maximum atomic E-state index is 10.0. The predicted octanol–water partition coefficient (Wildman–Crippen LogP) is 6.08. The third kappa shape index (κ3) is 7.66. The van der Waals surface area contributed by atoms with Gasteiger partial charge >= 0.3 is 0 Å². The first kappa shape index (κ1) is 27.8. The van der Waals surface area contributed by atoms with Gasteiger partial charge in [0.1, 0.15) is 50.1 Å². The fraction of sp³-hybridized carbons (Fsp3) is 0.250. The molecule has 0 aliphatic heterocycles. The molecule has 39 heavy (non-hydrogen) atoms. The van der Waals surface area contributed by atoms with Crippen LogP contribution in [-0.2, 0) is 9.47 Å². The van der Waals surface area contributed by atoms with E-state index in [2.05, 4.69) is 17.1 Å². The standard InChI is InChI=1S/C32H35NO6/c1-3-17-36-19-25(34)21-38-27-13-9-23(10-14-27)31-29-7-5-6-8-30(29)33-32(31)24-11-15-28(16-12-24)39-22-26(35)20-37-18-4-2/h3-18,25-26,33-35H,19-22H2,1-2H3. The van der Waals surface area contributed by atoms with Crippen LogP contribution in [0.15, 0.2) is 97.5 Å². The third-order valence-electron chi connectivity index (χ3n) is 5.92. The summed E-state index contributed by atoms with van der Waals surface area (Å²) in [6, 6.07) is 23.8. The summed E-state index contributed by atoms with van der Waals surface area (Å²) in [5, 5.41) is 21.2. The van der Waals surface area contributed by atoms with Crippen LogP contribution < -0.4 is 9.47 Å². The Balaban J connectivity index is 1.49. The number of nitrogens with one attached hydrogen (secondary N) is 1. The average molecular weight is 530 g/mol. The second-order valence-corrected chi connectivity index (χ2v) is 9.00. The normalized spacial score (nSPS) is 13.1. The number of H-pyrrole nitrogens is 1. The third-order valence-corrected chi connectivity index (χ3v) is 5.92. The summed E-state index contributed by atoms with van der Waals surface area (Å²) in [6.07, 6.45) is 5.19. The smallest absolute Gasteiger partial charge is 0.122 e. The molecule has 3 aromatic carbocycles. The summed E-state index contributed by atoms with van der Waals surface area (Å²) in [6.45, 7) is 4.34. The van der Waals surface area contributed by atoms with Crippen molar-refractivity contribution in [3.8, 4) is 33.9 Å². The van der Waals surface area contributed by atoms with E-state index in [9.17, 15) is 10.2 Å². The number of aromatic nitrogens is 1. The second-order valence-electron chi connectivity index (χ2n) is 9.00. The number of rotatable bonds is 14. The van der Waals surface area contributed by atoms with Gasteiger partial charge in [-0.15, -0.1) is 0 Å². The molecule has 2 atom stereocenters. The SMILES string of the molecule is CC=COCC(O)COc1ccc(-c2[nH]c3ccccc3c2-c2ccc(OCC(O)COC=CC)cc2)cc1. The van der Waals surface area contributed by atoms with Crippen LogP contribution in [0.2, 0.25) is 0 Å². The predicted molar refractivity (Wildman–Crippen MR) is 154 cm³/mol. The highest BCUT2D eigenvalue weighted by atomic mass is 16.5. The first-order valence-corrected chi connectivity index (χ1v) is 13.0. The highest BCUT2D eigenvalue weighted by Crippen LogP contribution is 2.39. The van der Waals surface area contributed by atoms with Crippen LogP contribution in [0.25, 0.3) is 33.3 Å². The molecule has 2 unspecified atom stereocenters. The molecule has 4 aromatic rings. The van der Waals surface area contributed by atoms with Crippen molar-refractivity contribution in [1.82, 2.24) is 4.98 Å². The number of para-hydroxylation sites is 1. The van der Waals surface area contributed by atoms with Gasteiger partial charge in [-0.05, 0) is 67.4 Å². The molecule has 0 aliphatic carbocycles. The van der Waals surface area contributed by atoms with Gasteiger partial charge in [0, 0.05) is 16.5 Å². The van der Waals surface area contributed by atoms with E-state index < -0.39 is 12.2 Å². The molecule has 0 fully saturated rings. The fourth-order valence-electron chi connectivity index (χ4n) is 4.10. The van der Waals surface area contributed by atoms with E-state index in [1.807, 2.05) is 74.5 Å². The minimum atomic E-state index is -0.720. The molecule has 3 N–H and O–H groups in total. The van der Waals surface area contributed by atoms with Gasteiger partial charge in [0.25, 0.3) is 0 Å². The summed E-state index contributed by atoms with van der Waals surface area (Å²) >= 11 is 0. The van der Waals surface area contributed by atoms with E-state index in [1.54, 1.807) is 24.7 Å². The van der Waals surface area contributed by atoms with Crippen LogP contribution in [0.4, 0.5) is 0 Å². The topological polar surface area (TPSA) is 93.2 Å². The van der Waals surface area contributed by atoms with Crippen LogP contribution in [0.3, 0.4) is 0 Å². The van der Waals surface area contributed by atoms with Gasteiger partial charge in [-0.3, -0.25) is 0 Å². The molecule has 0 amide bonds. The fourth-order valence-corrected chi connectivity index (χ4v) is 4.10. The Hall–Kier alpha value is -4.20. The van der Waals surface area contributed by atoms with Crippen molar-refractivity contribution in [1.29, 1.82) is 0 Å². The van der Waals surface area contributed by atoms with Gasteiger partial charge < -0.3 is 34.1 Å². The van der Waals surface area contributed by atoms with E-state index in [0.29, 0.717) is 11.5 Å². The van der Waals surface area contributed by atoms with E-state index in [1.165, 1.54) is 0 Å². The number of aromatic amines is 1. The van der Waals surface area contributed by atoms with Crippen LogP contribution in [0, 0.1) is 0 Å². The lowest BCUT2D eigenvalue weighted by atomic mass is 9.98. The Morgan fingerprint density at radius 3 is 1.72 bits per heavy atom. The largest absolute Gasteiger partial charge is 0.499 e. The molecule has 7 heteroatoms. The number of allylic oxidation sites excluding steroid dienone is 2. The van der Waals surface area contributed by atoms with Crippen LogP contribution in [-0.4, -0.2) is 53.8 Å². The van der Waals surface area contributed by atoms with Gasteiger partial charge in [0.05, 0.1) is 18.2 Å². The molecule has 0 saturated carbocycles. The lowest BCUT2D eigenvalue weighted by Crippen LogP contribution is -2.22. The molecule has 0 bridgehead atoms. The maximum Gasteiger partial charge on any atom is 0.122 e. The lowest BCUT2D eigenvalue weighted by molar-refractivity contribution is 0.0463. The molecule has 0 saturated heterocycles. The van der Waals surface area contributed by atoms with Crippen molar-refractivity contribution in [2.24, 2.45) is 0 Å². The van der Waals surface area contributed by atoms with Gasteiger partial charge in [0.15, 0.2) is 0 Å². The Morgan fingerprint density at radius 2 is 1.18 bits per heavy atom. The molecule has 0 spiro atoms. The van der Waals surface area contributed by atoms with Gasteiger partial charge in [0.2, 0.25) is 0 Å². The Bertz CT molecular complexity index is 1360. The van der Waals surface area contributed by atoms with E-state index in [0.717, 1.165) is 33.3 Å². The minimum absolute atomic E-state index is 0.142. The zero-order valence-electron chi connectivity index (χ0n) is 22.2. The van der Waals surface area contributed by atoms with E-state index in [4.69, 9.17) is 18.9 Å². The van der Waals surface area contributed by atoms with Crippen LogP contribution >= 0.6 is 0 Å². The molecule has 7 nitrogen and oxygen atoms in total. The quantitative estimate of drug-likeness (QED) is 0.171. The number of hydrogen-bond donors (Lipinski definition) is 3.